The monoisotopic (exact) mass is 464 g/mol. The molecular weight excluding hydrogens is 427 g/mol. The van der Waals surface area contributed by atoms with Crippen molar-refractivity contribution >= 4 is 29.9 Å². The van der Waals surface area contributed by atoms with Crippen molar-refractivity contribution in [1.82, 2.24) is 15.5 Å². The number of guanidine groups is 1. The Morgan fingerprint density at radius 2 is 1.92 bits per heavy atom. The summed E-state index contributed by atoms with van der Waals surface area (Å²) in [5.74, 6) is 2.81. The maximum Gasteiger partial charge on any atom is 0.191 e. The lowest BCUT2D eigenvalue weighted by Crippen LogP contribution is -2.49. The van der Waals surface area contributed by atoms with E-state index in [4.69, 9.17) is 9.73 Å². The van der Waals surface area contributed by atoms with Gasteiger partial charge < -0.3 is 20.3 Å². The van der Waals surface area contributed by atoms with E-state index in [0.717, 1.165) is 44.1 Å². The van der Waals surface area contributed by atoms with Crippen LogP contribution < -0.4 is 10.6 Å². The number of aliphatic imine (C=N–C) groups is 1. The number of hydrogen-bond acceptors (Lipinski definition) is 3. The molecular formula is C19H37IN4O. The van der Waals surface area contributed by atoms with Crippen molar-refractivity contribution in [2.75, 3.05) is 45.9 Å². The van der Waals surface area contributed by atoms with E-state index in [1.165, 1.54) is 64.6 Å². The third kappa shape index (κ3) is 7.99. The predicted molar refractivity (Wildman–Crippen MR) is 115 cm³/mol. The van der Waals surface area contributed by atoms with Gasteiger partial charge in [-0.3, -0.25) is 4.99 Å². The Morgan fingerprint density at radius 3 is 2.56 bits per heavy atom. The molecule has 3 rings (SSSR count). The molecule has 25 heavy (non-hydrogen) atoms. The Kier molecular flexibility index (Phi) is 9.84. The van der Waals surface area contributed by atoms with E-state index in [-0.39, 0.29) is 24.0 Å². The number of hydrogen-bond donors (Lipinski definition) is 2. The molecule has 1 atom stereocenters. The smallest absolute Gasteiger partial charge is 0.191 e. The van der Waals surface area contributed by atoms with Crippen molar-refractivity contribution in [3.05, 3.63) is 0 Å². The molecule has 0 spiro atoms. The number of rotatable bonds is 8. The van der Waals surface area contributed by atoms with Gasteiger partial charge in [-0.25, -0.2) is 0 Å². The molecule has 0 aromatic rings. The largest absolute Gasteiger partial charge is 0.381 e. The molecule has 1 unspecified atom stereocenters. The molecule has 0 amide bonds. The lowest BCUT2D eigenvalue weighted by Gasteiger charge is -2.34. The minimum Gasteiger partial charge on any atom is -0.381 e. The molecule has 0 radical (unpaired) electrons. The lowest BCUT2D eigenvalue weighted by molar-refractivity contribution is 0.150. The SMILES string of the molecule is CCNC(=NCCCC1CC1)NC1CCN(CC2CCOC2)CC1.I. The highest BCUT2D eigenvalue weighted by Gasteiger charge is 2.24. The molecule has 5 nitrogen and oxygen atoms in total. The second-order valence-electron chi connectivity index (χ2n) is 7.80. The van der Waals surface area contributed by atoms with Crippen molar-refractivity contribution < 1.29 is 4.74 Å². The summed E-state index contributed by atoms with van der Waals surface area (Å²) in [5, 5.41) is 7.07. The minimum atomic E-state index is 0. The van der Waals surface area contributed by atoms with E-state index in [9.17, 15) is 0 Å². The fourth-order valence-corrected chi connectivity index (χ4v) is 3.84. The van der Waals surface area contributed by atoms with Gasteiger partial charge in [-0.05, 0) is 50.9 Å². The molecule has 1 aliphatic carbocycles. The Bertz CT molecular complexity index is 389. The first kappa shape index (κ1) is 21.2. The second kappa shape index (κ2) is 11.6. The van der Waals surface area contributed by atoms with Crippen molar-refractivity contribution in [2.45, 2.75) is 57.9 Å². The first-order chi connectivity index (χ1) is 11.8. The number of piperidine rings is 1. The van der Waals surface area contributed by atoms with Crippen molar-refractivity contribution in [2.24, 2.45) is 16.8 Å². The Hall–Kier alpha value is -0.0800. The molecule has 2 heterocycles. The third-order valence-corrected chi connectivity index (χ3v) is 5.55. The van der Waals surface area contributed by atoms with E-state index >= 15 is 0 Å². The first-order valence-corrected chi connectivity index (χ1v) is 10.2. The summed E-state index contributed by atoms with van der Waals surface area (Å²) in [6.07, 6.45) is 9.20. The van der Waals surface area contributed by atoms with Crippen LogP contribution in [0.25, 0.3) is 0 Å². The van der Waals surface area contributed by atoms with Crippen LogP contribution in [0.1, 0.15) is 51.9 Å². The van der Waals surface area contributed by atoms with Crippen molar-refractivity contribution in [3.63, 3.8) is 0 Å². The van der Waals surface area contributed by atoms with Crippen LogP contribution in [0.4, 0.5) is 0 Å². The van der Waals surface area contributed by atoms with Gasteiger partial charge in [0.05, 0.1) is 6.61 Å². The van der Waals surface area contributed by atoms with Crippen LogP contribution >= 0.6 is 24.0 Å². The van der Waals surface area contributed by atoms with E-state index in [2.05, 4.69) is 22.5 Å². The molecule has 3 fully saturated rings. The van der Waals surface area contributed by atoms with Gasteiger partial charge in [0.1, 0.15) is 0 Å². The van der Waals surface area contributed by atoms with Crippen LogP contribution in [0.3, 0.4) is 0 Å². The maximum atomic E-state index is 5.50. The van der Waals surface area contributed by atoms with Crippen molar-refractivity contribution in [3.8, 4) is 0 Å². The van der Waals surface area contributed by atoms with Crippen molar-refractivity contribution in [1.29, 1.82) is 0 Å². The van der Waals surface area contributed by atoms with Crippen LogP contribution in [-0.4, -0.2) is 62.8 Å². The summed E-state index contributed by atoms with van der Waals surface area (Å²) in [6.45, 7) is 9.61. The molecule has 2 N–H and O–H groups in total. The molecule has 3 aliphatic rings. The Balaban J connectivity index is 0.00000225. The number of halogens is 1. The van der Waals surface area contributed by atoms with E-state index in [0.29, 0.717) is 6.04 Å². The average Bonchev–Trinajstić information content (AvgIpc) is 3.28. The predicted octanol–water partition coefficient (Wildman–Crippen LogP) is 2.85. The molecule has 6 heteroatoms. The topological polar surface area (TPSA) is 48.9 Å². The van der Waals surface area contributed by atoms with Gasteiger partial charge >= 0.3 is 0 Å². The molecule has 2 aliphatic heterocycles. The van der Waals surface area contributed by atoms with E-state index in [1.807, 2.05) is 0 Å². The van der Waals surface area contributed by atoms with E-state index < -0.39 is 0 Å². The first-order valence-electron chi connectivity index (χ1n) is 10.2. The fourth-order valence-electron chi connectivity index (χ4n) is 3.84. The van der Waals surface area contributed by atoms with Gasteiger partial charge in [-0.15, -0.1) is 24.0 Å². The van der Waals surface area contributed by atoms with Crippen LogP contribution in [0.15, 0.2) is 4.99 Å². The summed E-state index contributed by atoms with van der Waals surface area (Å²) in [4.78, 5) is 7.40. The normalized spacial score (nSPS) is 25.6. The molecule has 0 aromatic heterocycles. The highest BCUT2D eigenvalue weighted by Crippen LogP contribution is 2.33. The zero-order valence-electron chi connectivity index (χ0n) is 15.8. The summed E-state index contributed by atoms with van der Waals surface area (Å²) in [7, 11) is 0. The van der Waals surface area contributed by atoms with Crippen LogP contribution in [0.2, 0.25) is 0 Å². The Morgan fingerprint density at radius 1 is 1.12 bits per heavy atom. The zero-order chi connectivity index (χ0) is 16.6. The summed E-state index contributed by atoms with van der Waals surface area (Å²) < 4.78 is 5.50. The third-order valence-electron chi connectivity index (χ3n) is 5.55. The van der Waals surface area contributed by atoms with Gasteiger partial charge in [0.15, 0.2) is 5.96 Å². The maximum absolute atomic E-state index is 5.50. The lowest BCUT2D eigenvalue weighted by atomic mass is 10.0. The van der Waals surface area contributed by atoms with Gasteiger partial charge in [-0.1, -0.05) is 12.8 Å². The molecule has 2 saturated heterocycles. The summed E-state index contributed by atoms with van der Waals surface area (Å²) >= 11 is 0. The highest BCUT2D eigenvalue weighted by molar-refractivity contribution is 14.0. The second-order valence-corrected chi connectivity index (χ2v) is 7.80. The number of likely N-dealkylation sites (tertiary alicyclic amines) is 1. The fraction of sp³-hybridized carbons (Fsp3) is 0.947. The summed E-state index contributed by atoms with van der Waals surface area (Å²) in [6, 6.07) is 0.572. The van der Waals surface area contributed by atoms with Gasteiger partial charge in [0.2, 0.25) is 0 Å². The molecule has 1 saturated carbocycles. The van der Waals surface area contributed by atoms with Crippen LogP contribution in [-0.2, 0) is 4.74 Å². The molecule has 0 aromatic carbocycles. The van der Waals surface area contributed by atoms with Gasteiger partial charge in [0.25, 0.3) is 0 Å². The summed E-state index contributed by atoms with van der Waals surface area (Å²) in [5.41, 5.74) is 0. The van der Waals surface area contributed by atoms with Gasteiger partial charge in [0, 0.05) is 45.4 Å². The number of nitrogens with zero attached hydrogens (tertiary/aromatic N) is 2. The average molecular weight is 464 g/mol. The Labute approximate surface area is 170 Å². The zero-order valence-corrected chi connectivity index (χ0v) is 18.2. The quantitative estimate of drug-likeness (QED) is 0.251. The van der Waals surface area contributed by atoms with E-state index in [1.54, 1.807) is 0 Å². The minimum absolute atomic E-state index is 0. The van der Waals surface area contributed by atoms with Gasteiger partial charge in [-0.2, -0.15) is 0 Å². The van der Waals surface area contributed by atoms with Crippen LogP contribution in [0, 0.1) is 11.8 Å². The number of nitrogens with one attached hydrogen (secondary N) is 2. The highest BCUT2D eigenvalue weighted by atomic mass is 127. The van der Waals surface area contributed by atoms with Crippen LogP contribution in [0.5, 0.6) is 0 Å². The molecule has 0 bridgehead atoms. The molecule has 146 valence electrons. The number of ether oxygens (including phenoxy) is 1. The standard InChI is InChI=1S/C19H36N4O.HI/c1-2-20-19(21-10-3-4-16-5-6-16)22-18-7-11-23(12-8-18)14-17-9-13-24-15-17;/h16-18H,2-15H2,1H3,(H2,20,21,22);1H.